The first kappa shape index (κ1) is 9.71. The van der Waals surface area contributed by atoms with Crippen molar-refractivity contribution in [3.8, 4) is 0 Å². The molecule has 1 N–H and O–H groups in total. The van der Waals surface area contributed by atoms with Crippen LogP contribution in [0.5, 0.6) is 0 Å². The molecule has 1 heterocycles. The molecule has 14 heavy (non-hydrogen) atoms. The Hall–Kier alpha value is -0.830. The van der Waals surface area contributed by atoms with Gasteiger partial charge in [0.05, 0.1) is 6.20 Å². The molecule has 1 aromatic heterocycles. The van der Waals surface area contributed by atoms with Crippen LogP contribution in [0.2, 0.25) is 0 Å². The largest absolute Gasteiger partial charge is 0.361 e. The summed E-state index contributed by atoms with van der Waals surface area (Å²) in [7, 11) is 0. The van der Waals surface area contributed by atoms with Crippen LogP contribution in [0.3, 0.4) is 0 Å². The van der Waals surface area contributed by atoms with E-state index >= 15 is 0 Å². The standard InChI is InChI=1S/C11H18N2O/c1-8-4-3-5-11(8)12-6-10-7-13-14-9(10)2/h7-8,11-12H,3-6H2,1-2H3. The molecule has 0 aliphatic heterocycles. The average molecular weight is 194 g/mol. The van der Waals surface area contributed by atoms with Crippen LogP contribution < -0.4 is 5.32 Å². The molecule has 1 saturated carbocycles. The Balaban J connectivity index is 1.85. The van der Waals surface area contributed by atoms with Crippen molar-refractivity contribution in [1.29, 1.82) is 0 Å². The third-order valence-electron chi connectivity index (χ3n) is 3.27. The molecule has 0 radical (unpaired) electrons. The third kappa shape index (κ3) is 1.98. The number of nitrogens with one attached hydrogen (secondary N) is 1. The molecule has 1 aromatic rings. The smallest absolute Gasteiger partial charge is 0.138 e. The molecule has 0 aromatic carbocycles. The van der Waals surface area contributed by atoms with Gasteiger partial charge in [-0.05, 0) is 25.7 Å². The molecule has 1 aliphatic rings. The molecule has 0 amide bonds. The van der Waals surface area contributed by atoms with E-state index in [0.717, 1.165) is 18.2 Å². The zero-order valence-electron chi connectivity index (χ0n) is 8.92. The van der Waals surface area contributed by atoms with Gasteiger partial charge in [-0.1, -0.05) is 18.5 Å². The van der Waals surface area contributed by atoms with Gasteiger partial charge in [-0.2, -0.15) is 0 Å². The van der Waals surface area contributed by atoms with E-state index in [9.17, 15) is 0 Å². The molecule has 0 spiro atoms. The summed E-state index contributed by atoms with van der Waals surface area (Å²) < 4.78 is 5.02. The quantitative estimate of drug-likeness (QED) is 0.802. The highest BCUT2D eigenvalue weighted by Crippen LogP contribution is 2.25. The predicted octanol–water partition coefficient (Wildman–Crippen LogP) is 2.26. The van der Waals surface area contributed by atoms with Gasteiger partial charge in [-0.25, -0.2) is 0 Å². The molecule has 0 bridgehead atoms. The fourth-order valence-electron chi connectivity index (χ4n) is 2.18. The zero-order chi connectivity index (χ0) is 9.97. The van der Waals surface area contributed by atoms with Crippen LogP contribution in [0.15, 0.2) is 10.7 Å². The molecule has 2 unspecified atom stereocenters. The number of aryl methyl sites for hydroxylation is 1. The summed E-state index contributed by atoms with van der Waals surface area (Å²) in [6, 6.07) is 0.685. The first-order valence-electron chi connectivity index (χ1n) is 5.41. The molecular weight excluding hydrogens is 176 g/mol. The molecule has 2 rings (SSSR count). The van der Waals surface area contributed by atoms with Crippen molar-refractivity contribution in [2.45, 2.75) is 45.7 Å². The highest BCUT2D eigenvalue weighted by molar-refractivity contribution is 5.11. The molecule has 0 saturated heterocycles. The second kappa shape index (κ2) is 4.13. The molecule has 2 atom stereocenters. The van der Waals surface area contributed by atoms with Gasteiger partial charge in [-0.15, -0.1) is 0 Å². The Labute approximate surface area is 84.9 Å². The van der Waals surface area contributed by atoms with Gasteiger partial charge < -0.3 is 9.84 Å². The lowest BCUT2D eigenvalue weighted by molar-refractivity contribution is 0.392. The summed E-state index contributed by atoms with van der Waals surface area (Å²) in [5.41, 5.74) is 1.18. The van der Waals surface area contributed by atoms with Crippen molar-refractivity contribution in [2.24, 2.45) is 5.92 Å². The highest BCUT2D eigenvalue weighted by Gasteiger charge is 2.22. The number of nitrogens with zero attached hydrogens (tertiary/aromatic N) is 1. The van der Waals surface area contributed by atoms with Crippen LogP contribution in [0.25, 0.3) is 0 Å². The Morgan fingerprint density at radius 1 is 1.57 bits per heavy atom. The Morgan fingerprint density at radius 2 is 2.43 bits per heavy atom. The van der Waals surface area contributed by atoms with Gasteiger partial charge in [0.2, 0.25) is 0 Å². The molecule has 3 heteroatoms. The van der Waals surface area contributed by atoms with Crippen molar-refractivity contribution in [2.75, 3.05) is 0 Å². The minimum atomic E-state index is 0.685. The maximum absolute atomic E-state index is 5.02. The van der Waals surface area contributed by atoms with Gasteiger partial charge >= 0.3 is 0 Å². The monoisotopic (exact) mass is 194 g/mol. The lowest BCUT2D eigenvalue weighted by atomic mass is 10.1. The van der Waals surface area contributed by atoms with E-state index in [-0.39, 0.29) is 0 Å². The summed E-state index contributed by atoms with van der Waals surface area (Å²) in [5.74, 6) is 1.75. The second-order valence-electron chi connectivity index (χ2n) is 4.30. The SMILES string of the molecule is Cc1oncc1CNC1CCCC1C. The van der Waals surface area contributed by atoms with E-state index in [1.807, 2.05) is 13.1 Å². The number of hydrogen-bond donors (Lipinski definition) is 1. The van der Waals surface area contributed by atoms with E-state index in [0.29, 0.717) is 6.04 Å². The second-order valence-corrected chi connectivity index (χ2v) is 4.30. The van der Waals surface area contributed by atoms with Gasteiger partial charge in [-0.3, -0.25) is 0 Å². The van der Waals surface area contributed by atoms with E-state index < -0.39 is 0 Å². The first-order chi connectivity index (χ1) is 6.77. The number of rotatable bonds is 3. The maximum atomic E-state index is 5.02. The highest BCUT2D eigenvalue weighted by atomic mass is 16.5. The molecule has 3 nitrogen and oxygen atoms in total. The van der Waals surface area contributed by atoms with Crippen LogP contribution in [0.1, 0.15) is 37.5 Å². The topological polar surface area (TPSA) is 38.1 Å². The average Bonchev–Trinajstić information content (AvgIpc) is 2.72. The first-order valence-corrected chi connectivity index (χ1v) is 5.41. The van der Waals surface area contributed by atoms with Crippen LogP contribution in [0, 0.1) is 12.8 Å². The van der Waals surface area contributed by atoms with Crippen LogP contribution >= 0.6 is 0 Å². The van der Waals surface area contributed by atoms with E-state index in [1.54, 1.807) is 0 Å². The van der Waals surface area contributed by atoms with Gasteiger partial charge in [0.25, 0.3) is 0 Å². The van der Waals surface area contributed by atoms with Gasteiger partial charge in [0.1, 0.15) is 5.76 Å². The fraction of sp³-hybridized carbons (Fsp3) is 0.727. The summed E-state index contributed by atoms with van der Waals surface area (Å²) in [4.78, 5) is 0. The summed E-state index contributed by atoms with van der Waals surface area (Å²) in [6.07, 6.45) is 5.84. The maximum Gasteiger partial charge on any atom is 0.138 e. The van der Waals surface area contributed by atoms with Crippen molar-refractivity contribution < 1.29 is 4.52 Å². The van der Waals surface area contributed by atoms with Crippen LogP contribution in [-0.2, 0) is 6.54 Å². The normalized spacial score (nSPS) is 27.0. The summed E-state index contributed by atoms with van der Waals surface area (Å²) >= 11 is 0. The summed E-state index contributed by atoms with van der Waals surface area (Å²) in [5, 5.41) is 7.35. The molecule has 1 aliphatic carbocycles. The molecule has 1 fully saturated rings. The van der Waals surface area contributed by atoms with Crippen LogP contribution in [0.4, 0.5) is 0 Å². The van der Waals surface area contributed by atoms with E-state index in [2.05, 4.69) is 17.4 Å². The lowest BCUT2D eigenvalue weighted by Crippen LogP contribution is -2.30. The Bertz CT molecular complexity index is 295. The predicted molar refractivity (Wildman–Crippen MR) is 54.9 cm³/mol. The number of hydrogen-bond acceptors (Lipinski definition) is 3. The Morgan fingerprint density at radius 3 is 3.00 bits per heavy atom. The van der Waals surface area contributed by atoms with E-state index in [4.69, 9.17) is 4.52 Å². The third-order valence-corrected chi connectivity index (χ3v) is 3.27. The lowest BCUT2D eigenvalue weighted by Gasteiger charge is -2.16. The van der Waals surface area contributed by atoms with Crippen molar-refractivity contribution in [1.82, 2.24) is 10.5 Å². The van der Waals surface area contributed by atoms with Crippen molar-refractivity contribution in [3.63, 3.8) is 0 Å². The van der Waals surface area contributed by atoms with Crippen LogP contribution in [-0.4, -0.2) is 11.2 Å². The minimum absolute atomic E-state index is 0.685. The van der Waals surface area contributed by atoms with E-state index in [1.165, 1.54) is 24.8 Å². The van der Waals surface area contributed by atoms with Crippen molar-refractivity contribution >= 4 is 0 Å². The zero-order valence-corrected chi connectivity index (χ0v) is 8.92. The number of aromatic nitrogens is 1. The fourth-order valence-corrected chi connectivity index (χ4v) is 2.18. The van der Waals surface area contributed by atoms with Gasteiger partial charge in [0.15, 0.2) is 0 Å². The van der Waals surface area contributed by atoms with Gasteiger partial charge in [0, 0.05) is 18.2 Å². The Kier molecular flexibility index (Phi) is 2.87. The summed E-state index contributed by atoms with van der Waals surface area (Å²) in [6.45, 7) is 5.18. The van der Waals surface area contributed by atoms with Crippen molar-refractivity contribution in [3.05, 3.63) is 17.5 Å². The minimum Gasteiger partial charge on any atom is -0.361 e. The molecule has 78 valence electrons. The molecular formula is C11H18N2O.